The van der Waals surface area contributed by atoms with E-state index in [9.17, 15) is 0 Å². The average molecular weight is 262 g/mol. The smallest absolute Gasteiger partial charge is 0.0985 e. The maximum absolute atomic E-state index is 3.52. The molecular formula is C18H18N2. The van der Waals surface area contributed by atoms with Crippen LogP contribution in [0.25, 0.3) is 0 Å². The third kappa shape index (κ3) is 1.88. The maximum atomic E-state index is 3.52. The number of hydrogen-bond donors (Lipinski definition) is 1. The topological polar surface area (TPSA) is 15.3 Å². The van der Waals surface area contributed by atoms with Gasteiger partial charge in [0.1, 0.15) is 0 Å². The van der Waals surface area contributed by atoms with Gasteiger partial charge in [-0.1, -0.05) is 54.6 Å². The number of allylic oxidation sites excluding steroid dienone is 1. The van der Waals surface area contributed by atoms with Crippen LogP contribution in [0.3, 0.4) is 0 Å². The van der Waals surface area contributed by atoms with E-state index in [-0.39, 0.29) is 0 Å². The van der Waals surface area contributed by atoms with Crippen molar-refractivity contribution in [2.24, 2.45) is 0 Å². The van der Waals surface area contributed by atoms with Gasteiger partial charge in [0.2, 0.25) is 0 Å². The Hall–Kier alpha value is -2.22. The Bertz CT molecular complexity index is 645. The number of hydrogen-bond acceptors (Lipinski definition) is 2. The molecule has 1 fully saturated rings. The average Bonchev–Trinajstić information content (AvgIpc) is 2.87. The molecular weight excluding hydrogens is 244 g/mol. The van der Waals surface area contributed by atoms with E-state index in [4.69, 9.17) is 0 Å². The van der Waals surface area contributed by atoms with E-state index in [1.165, 1.54) is 22.5 Å². The summed E-state index contributed by atoms with van der Waals surface area (Å²) < 4.78 is 0. The van der Waals surface area contributed by atoms with Crippen molar-refractivity contribution in [3.63, 3.8) is 0 Å². The van der Waals surface area contributed by atoms with Gasteiger partial charge in [0, 0.05) is 25.6 Å². The SMILES string of the molecule is C1=C2NCCN2Cc2ccccc2C1c1ccccc1. The number of rotatable bonds is 1. The second kappa shape index (κ2) is 4.71. The van der Waals surface area contributed by atoms with E-state index >= 15 is 0 Å². The van der Waals surface area contributed by atoms with Gasteiger partial charge in [-0.25, -0.2) is 0 Å². The highest BCUT2D eigenvalue weighted by atomic mass is 15.3. The fraction of sp³-hybridized carbons (Fsp3) is 0.222. The Morgan fingerprint density at radius 1 is 0.950 bits per heavy atom. The Morgan fingerprint density at radius 2 is 1.75 bits per heavy atom. The lowest BCUT2D eigenvalue weighted by atomic mass is 9.88. The summed E-state index contributed by atoms with van der Waals surface area (Å²) >= 11 is 0. The van der Waals surface area contributed by atoms with Gasteiger partial charge in [-0.2, -0.15) is 0 Å². The van der Waals surface area contributed by atoms with Crippen molar-refractivity contribution in [3.05, 3.63) is 83.2 Å². The summed E-state index contributed by atoms with van der Waals surface area (Å²) in [6, 6.07) is 19.6. The zero-order valence-electron chi connectivity index (χ0n) is 11.4. The van der Waals surface area contributed by atoms with Gasteiger partial charge in [-0.05, 0) is 22.8 Å². The van der Waals surface area contributed by atoms with E-state index in [1.807, 2.05) is 0 Å². The largest absolute Gasteiger partial charge is 0.370 e. The highest BCUT2D eigenvalue weighted by molar-refractivity contribution is 5.44. The molecule has 2 aromatic rings. The van der Waals surface area contributed by atoms with Crippen LogP contribution in [0.1, 0.15) is 22.6 Å². The van der Waals surface area contributed by atoms with Crippen molar-refractivity contribution in [3.8, 4) is 0 Å². The van der Waals surface area contributed by atoms with Gasteiger partial charge in [0.25, 0.3) is 0 Å². The molecule has 20 heavy (non-hydrogen) atoms. The molecule has 0 aliphatic carbocycles. The molecule has 2 nitrogen and oxygen atoms in total. The van der Waals surface area contributed by atoms with Gasteiger partial charge >= 0.3 is 0 Å². The van der Waals surface area contributed by atoms with Crippen molar-refractivity contribution in [2.75, 3.05) is 13.1 Å². The minimum atomic E-state index is 0.345. The Balaban J connectivity index is 1.88. The van der Waals surface area contributed by atoms with Crippen LogP contribution >= 0.6 is 0 Å². The summed E-state index contributed by atoms with van der Waals surface area (Å²) in [7, 11) is 0. The highest BCUT2D eigenvalue weighted by Gasteiger charge is 2.25. The third-order valence-electron chi connectivity index (χ3n) is 4.26. The van der Waals surface area contributed by atoms with Gasteiger partial charge in [0.15, 0.2) is 0 Å². The number of nitrogens with one attached hydrogen (secondary N) is 1. The molecule has 0 saturated carbocycles. The fourth-order valence-electron chi connectivity index (χ4n) is 3.25. The minimum absolute atomic E-state index is 0.345. The lowest BCUT2D eigenvalue weighted by Crippen LogP contribution is -2.18. The Morgan fingerprint density at radius 3 is 2.65 bits per heavy atom. The number of fused-ring (bicyclic) bond motifs is 2. The first-order valence-corrected chi connectivity index (χ1v) is 7.25. The van der Waals surface area contributed by atoms with Crippen molar-refractivity contribution in [2.45, 2.75) is 12.5 Å². The number of nitrogens with zero attached hydrogens (tertiary/aromatic N) is 1. The normalized spacial score (nSPS) is 20.5. The van der Waals surface area contributed by atoms with Crippen LogP contribution in [0, 0.1) is 0 Å². The number of benzene rings is 2. The third-order valence-corrected chi connectivity index (χ3v) is 4.26. The molecule has 1 atom stereocenters. The van der Waals surface area contributed by atoms with Crippen molar-refractivity contribution in [1.29, 1.82) is 0 Å². The zero-order valence-corrected chi connectivity index (χ0v) is 11.4. The van der Waals surface area contributed by atoms with Crippen LogP contribution in [-0.2, 0) is 6.54 Å². The maximum Gasteiger partial charge on any atom is 0.0985 e. The molecule has 0 aromatic heterocycles. The molecule has 2 aromatic carbocycles. The van der Waals surface area contributed by atoms with Crippen molar-refractivity contribution < 1.29 is 0 Å². The van der Waals surface area contributed by atoms with Crippen molar-refractivity contribution >= 4 is 0 Å². The molecule has 1 saturated heterocycles. The summed E-state index contributed by atoms with van der Waals surface area (Å²) in [6.07, 6.45) is 2.38. The van der Waals surface area contributed by atoms with Crippen LogP contribution in [0.4, 0.5) is 0 Å². The van der Waals surface area contributed by atoms with Gasteiger partial charge < -0.3 is 10.2 Å². The Kier molecular flexibility index (Phi) is 2.73. The van der Waals surface area contributed by atoms with Gasteiger partial charge in [-0.3, -0.25) is 0 Å². The second-order valence-corrected chi connectivity index (χ2v) is 5.49. The fourth-order valence-corrected chi connectivity index (χ4v) is 3.25. The standard InChI is InChI=1S/C18H18N2/c1-2-6-14(7-3-1)17-12-18-19-10-11-20(18)13-15-8-4-5-9-16(15)17/h1-9,12,17,19H,10-11,13H2. The van der Waals surface area contributed by atoms with E-state index in [0.29, 0.717) is 5.92 Å². The predicted octanol–water partition coefficient (Wildman–Crippen LogP) is 3.08. The van der Waals surface area contributed by atoms with Crippen LogP contribution < -0.4 is 5.32 Å². The minimum Gasteiger partial charge on any atom is -0.370 e. The first-order valence-electron chi connectivity index (χ1n) is 7.25. The van der Waals surface area contributed by atoms with E-state index in [0.717, 1.165) is 19.6 Å². The molecule has 2 aliphatic rings. The van der Waals surface area contributed by atoms with E-state index < -0.39 is 0 Å². The molecule has 1 N–H and O–H groups in total. The summed E-state index contributed by atoms with van der Waals surface area (Å²) in [5.74, 6) is 1.63. The second-order valence-electron chi connectivity index (χ2n) is 5.49. The van der Waals surface area contributed by atoms with Gasteiger partial charge in [-0.15, -0.1) is 0 Å². The predicted molar refractivity (Wildman–Crippen MR) is 81.2 cm³/mol. The lowest BCUT2D eigenvalue weighted by Gasteiger charge is -2.17. The summed E-state index contributed by atoms with van der Waals surface area (Å²) in [4.78, 5) is 2.45. The molecule has 0 amide bonds. The van der Waals surface area contributed by atoms with Crippen LogP contribution in [0.15, 0.2) is 66.5 Å². The van der Waals surface area contributed by atoms with Crippen LogP contribution in [0.5, 0.6) is 0 Å². The van der Waals surface area contributed by atoms with E-state index in [2.05, 4.69) is 70.9 Å². The van der Waals surface area contributed by atoms with E-state index in [1.54, 1.807) is 0 Å². The van der Waals surface area contributed by atoms with Crippen molar-refractivity contribution in [1.82, 2.24) is 10.2 Å². The molecule has 1 unspecified atom stereocenters. The summed E-state index contributed by atoms with van der Waals surface area (Å²) in [6.45, 7) is 3.16. The molecule has 4 rings (SSSR count). The molecule has 2 heteroatoms. The lowest BCUT2D eigenvalue weighted by molar-refractivity contribution is 0.390. The molecule has 0 bridgehead atoms. The first kappa shape index (κ1) is 11.6. The molecule has 0 spiro atoms. The summed E-state index contributed by atoms with van der Waals surface area (Å²) in [5.41, 5.74) is 4.24. The zero-order chi connectivity index (χ0) is 13.4. The molecule has 0 radical (unpaired) electrons. The van der Waals surface area contributed by atoms with Crippen LogP contribution in [0.2, 0.25) is 0 Å². The molecule has 100 valence electrons. The monoisotopic (exact) mass is 262 g/mol. The summed E-state index contributed by atoms with van der Waals surface area (Å²) in [5, 5.41) is 3.52. The highest BCUT2D eigenvalue weighted by Crippen LogP contribution is 2.34. The van der Waals surface area contributed by atoms with Gasteiger partial charge in [0.05, 0.1) is 5.82 Å². The van der Waals surface area contributed by atoms with Crippen LogP contribution in [-0.4, -0.2) is 18.0 Å². The first-order chi connectivity index (χ1) is 9.92. The molecule has 2 heterocycles. The molecule has 2 aliphatic heterocycles. The Labute approximate surface area is 119 Å². The quantitative estimate of drug-likeness (QED) is 0.849.